The van der Waals surface area contributed by atoms with Gasteiger partial charge in [-0.1, -0.05) is 356 Å². The molecule has 0 aliphatic heterocycles. The van der Waals surface area contributed by atoms with Gasteiger partial charge in [-0.15, -0.1) is 11.4 Å². The fourth-order valence-corrected chi connectivity index (χ4v) is 13.1. The van der Waals surface area contributed by atoms with Crippen molar-refractivity contribution in [3.63, 3.8) is 0 Å². The summed E-state index contributed by atoms with van der Waals surface area (Å²) in [4.78, 5) is 11.3. The van der Waals surface area contributed by atoms with Crippen molar-refractivity contribution in [2.24, 2.45) is 0 Å². The van der Waals surface area contributed by atoms with Gasteiger partial charge in [0.25, 0.3) is 0 Å². The molecule has 0 bridgehead atoms. The normalized spacial score (nSPS) is 11.7. The van der Waals surface area contributed by atoms with Crippen molar-refractivity contribution in [3.05, 3.63) is 355 Å². The topological polar surface area (TPSA) is 28.2 Å². The molecule has 0 aliphatic carbocycles. The Balaban J connectivity index is 0.000000210. The Labute approximate surface area is 527 Å². The zero-order chi connectivity index (χ0) is 56.2. The summed E-state index contributed by atoms with van der Waals surface area (Å²) in [6, 6.07) is 97.4. The van der Waals surface area contributed by atoms with E-state index >= 15 is 0 Å². The molecule has 0 atom stereocenters. The molecule has 0 aromatic heterocycles. The van der Waals surface area contributed by atoms with E-state index in [1.54, 1.807) is 0 Å². The molecular formula is C76H80N2Si2Yb. The fourth-order valence-electron chi connectivity index (χ4n) is 11.3. The van der Waals surface area contributed by atoms with E-state index < -0.39 is 16.5 Å². The summed E-state index contributed by atoms with van der Waals surface area (Å²) in [5, 5.41) is 0. The molecule has 10 aromatic carbocycles. The minimum Gasteiger partial charge on any atom is -0.687 e. The van der Waals surface area contributed by atoms with Crippen LogP contribution in [0.2, 0.25) is 39.3 Å². The zero-order valence-corrected chi connectivity index (χ0v) is 52.7. The molecule has 0 spiro atoms. The molecule has 5 heteroatoms. The largest absolute Gasteiger partial charge is 2.00 e. The van der Waals surface area contributed by atoms with E-state index in [-0.39, 0.29) is 70.6 Å². The third-order valence-electron chi connectivity index (χ3n) is 14.9. The number of hydrogen-bond donors (Lipinski definition) is 0. The molecule has 0 N–H and O–H groups in total. The van der Waals surface area contributed by atoms with E-state index in [9.17, 15) is 0 Å². The first kappa shape index (κ1) is 60.8. The van der Waals surface area contributed by atoms with Gasteiger partial charge in [-0.3, -0.25) is 0 Å². The van der Waals surface area contributed by atoms with E-state index in [2.05, 4.69) is 334 Å². The third kappa shape index (κ3) is 15.7. The van der Waals surface area contributed by atoms with Crippen LogP contribution in [0.25, 0.3) is 9.96 Å². The molecule has 0 saturated heterocycles. The standard InChI is InChI=1S/2C38H40NSi.Yb/c2*1-28(2)33-26-34(36(29-18-10-6-11-19-29)30-20-12-7-13-21-30)38(39-40(3,4)5)35(27-33)37(31-22-14-8-15-23-31)32-24-16-9-17-25-32;/h2*6-28,36-37H,1-5H3;/q2*-1;+2. The minimum atomic E-state index is -1.88. The van der Waals surface area contributed by atoms with Gasteiger partial charge in [0.15, 0.2) is 0 Å². The molecule has 0 fully saturated rings. The van der Waals surface area contributed by atoms with Gasteiger partial charge in [0.05, 0.1) is 0 Å². The predicted octanol–water partition coefficient (Wildman–Crippen LogP) is 22.0. The van der Waals surface area contributed by atoms with Crippen LogP contribution < -0.4 is 0 Å². The first-order valence-corrected chi connectivity index (χ1v) is 35.7. The van der Waals surface area contributed by atoms with Crippen LogP contribution in [0.1, 0.15) is 141 Å². The van der Waals surface area contributed by atoms with Gasteiger partial charge in [0, 0.05) is 23.7 Å². The van der Waals surface area contributed by atoms with Crippen molar-refractivity contribution < 1.29 is 46.9 Å². The minimum absolute atomic E-state index is 0. The summed E-state index contributed by atoms with van der Waals surface area (Å²) >= 11 is 0. The number of benzene rings is 10. The van der Waals surface area contributed by atoms with Crippen LogP contribution >= 0.6 is 0 Å². The second-order valence-electron chi connectivity index (χ2n) is 24.0. The van der Waals surface area contributed by atoms with E-state index in [1.165, 1.54) is 89.3 Å². The summed E-state index contributed by atoms with van der Waals surface area (Å²) < 4.78 is 0. The van der Waals surface area contributed by atoms with Gasteiger partial charge in [0.1, 0.15) is 0 Å². The SMILES string of the molecule is CC(C)c1cc(C(c2ccccc2)c2ccccc2)c([N-][Si](C)(C)C)c(C(c2ccccc2)c2ccccc2)c1.CC(C)c1cc(C(c2ccccc2)c2ccccc2)c([N-][Si](C)(C)C)c(C(c2ccccc2)c2ccccc2)c1.[Yb+2]. The third-order valence-corrected chi connectivity index (χ3v) is 16.7. The molecule has 0 saturated carbocycles. The first-order chi connectivity index (χ1) is 38.6. The van der Waals surface area contributed by atoms with Crippen molar-refractivity contribution >= 4 is 27.8 Å². The molecule has 2 nitrogen and oxygen atoms in total. The fraction of sp³-hybridized carbons (Fsp3) is 0.211. The smallest absolute Gasteiger partial charge is 0.687 e. The molecule has 0 heterocycles. The molecule has 0 radical (unpaired) electrons. The summed E-state index contributed by atoms with van der Waals surface area (Å²) in [5.74, 6) is 1.12. The summed E-state index contributed by atoms with van der Waals surface area (Å²) in [6.45, 7) is 23.3. The second kappa shape index (κ2) is 28.2. The molecule has 0 aliphatic rings. The van der Waals surface area contributed by atoms with Crippen LogP contribution in [0, 0.1) is 46.9 Å². The van der Waals surface area contributed by atoms with E-state index in [4.69, 9.17) is 9.96 Å². The van der Waals surface area contributed by atoms with Gasteiger partial charge >= 0.3 is 46.9 Å². The van der Waals surface area contributed by atoms with Gasteiger partial charge < -0.3 is 9.96 Å². The van der Waals surface area contributed by atoms with Crippen LogP contribution in [0.5, 0.6) is 0 Å². The Morgan fingerprint density at radius 3 is 0.506 bits per heavy atom. The van der Waals surface area contributed by atoms with Crippen LogP contribution in [0.3, 0.4) is 0 Å². The Kier molecular flexibility index (Phi) is 21.1. The van der Waals surface area contributed by atoms with Crippen molar-refractivity contribution in [1.29, 1.82) is 0 Å². The summed E-state index contributed by atoms with van der Waals surface area (Å²) in [5.41, 5.74) is 20.6. The second-order valence-corrected chi connectivity index (χ2v) is 33.1. The van der Waals surface area contributed by atoms with Crippen LogP contribution in [0.4, 0.5) is 11.4 Å². The number of hydrogen-bond acceptors (Lipinski definition) is 0. The van der Waals surface area contributed by atoms with Gasteiger partial charge in [-0.05, 0) is 83.9 Å². The Morgan fingerprint density at radius 1 is 0.235 bits per heavy atom. The molecule has 0 unspecified atom stereocenters. The quantitative estimate of drug-likeness (QED) is 0.0605. The number of rotatable bonds is 18. The maximum absolute atomic E-state index is 5.67. The average molecular weight is 1250 g/mol. The van der Waals surface area contributed by atoms with E-state index in [1.807, 2.05) is 0 Å². The van der Waals surface area contributed by atoms with Crippen molar-refractivity contribution in [2.75, 3.05) is 0 Å². The van der Waals surface area contributed by atoms with E-state index in [0.29, 0.717) is 11.8 Å². The van der Waals surface area contributed by atoms with Crippen molar-refractivity contribution in [1.82, 2.24) is 0 Å². The van der Waals surface area contributed by atoms with Crippen LogP contribution in [-0.2, 0) is 0 Å². The molecule has 0 amide bonds. The first-order valence-electron chi connectivity index (χ1n) is 28.8. The van der Waals surface area contributed by atoms with Crippen molar-refractivity contribution in [2.45, 2.75) is 102 Å². The van der Waals surface area contributed by atoms with Gasteiger partial charge in [0.2, 0.25) is 0 Å². The Hall–Kier alpha value is -6.25. The summed E-state index contributed by atoms with van der Waals surface area (Å²) in [6.07, 6.45) is 0. The summed E-state index contributed by atoms with van der Waals surface area (Å²) in [7, 11) is -3.75. The monoisotopic (exact) mass is 1250 g/mol. The molecule has 81 heavy (non-hydrogen) atoms. The van der Waals surface area contributed by atoms with Crippen LogP contribution in [0.15, 0.2) is 267 Å². The average Bonchev–Trinajstić information content (AvgIpc) is 3.60. The zero-order valence-electron chi connectivity index (χ0n) is 49.0. The van der Waals surface area contributed by atoms with Gasteiger partial charge in [-0.25, -0.2) is 0 Å². The van der Waals surface area contributed by atoms with Gasteiger partial charge in [-0.2, -0.15) is 0 Å². The molecule has 10 aromatic rings. The number of nitrogens with zero attached hydrogens (tertiary/aromatic N) is 2. The molecule has 10 rings (SSSR count). The van der Waals surface area contributed by atoms with E-state index in [0.717, 1.165) is 0 Å². The Bertz CT molecular complexity index is 2890. The Morgan fingerprint density at radius 2 is 0.383 bits per heavy atom. The molecule has 416 valence electrons. The maximum atomic E-state index is 5.67. The van der Waals surface area contributed by atoms with Crippen LogP contribution in [-0.4, -0.2) is 16.5 Å². The molecular weight excluding hydrogens is 1170 g/mol. The van der Waals surface area contributed by atoms with Crippen molar-refractivity contribution in [3.8, 4) is 0 Å². The predicted molar refractivity (Wildman–Crippen MR) is 349 cm³/mol. The maximum Gasteiger partial charge on any atom is 2.00 e.